The molecule has 0 aromatic heterocycles. The van der Waals surface area contributed by atoms with Crippen LogP contribution in [0.15, 0.2) is 34.7 Å². The topological polar surface area (TPSA) is 35.4 Å². The van der Waals surface area contributed by atoms with Crippen LogP contribution in [-0.4, -0.2) is 15.5 Å². The van der Waals surface area contributed by atoms with E-state index in [1.807, 2.05) is 51.1 Å². The van der Waals surface area contributed by atoms with Gasteiger partial charge in [0, 0.05) is 6.42 Å². The lowest BCUT2D eigenvalue weighted by molar-refractivity contribution is 0.561. The molecule has 0 radical (unpaired) electrons. The molecule has 1 aromatic carbocycles. The SMILES string of the molecule is CC(C)(C)[S@+]([O-])/N=C/Cc1ccccc1. The van der Waals surface area contributed by atoms with Gasteiger partial charge in [-0.1, -0.05) is 34.7 Å². The Kier molecular flexibility index (Phi) is 4.36. The molecule has 2 nitrogen and oxygen atoms in total. The van der Waals surface area contributed by atoms with E-state index in [0.29, 0.717) is 0 Å². The summed E-state index contributed by atoms with van der Waals surface area (Å²) in [5.74, 6) is 0. The molecule has 3 heteroatoms. The molecule has 0 fully saturated rings. The molecule has 0 bridgehead atoms. The minimum Gasteiger partial charge on any atom is -0.591 e. The number of nitrogens with zero attached hydrogens (tertiary/aromatic N) is 1. The lowest BCUT2D eigenvalue weighted by Gasteiger charge is -2.17. The van der Waals surface area contributed by atoms with Gasteiger partial charge in [-0.3, -0.25) is 0 Å². The molecule has 0 unspecified atom stereocenters. The highest BCUT2D eigenvalue weighted by Gasteiger charge is 2.25. The summed E-state index contributed by atoms with van der Waals surface area (Å²) in [6.45, 7) is 5.76. The molecule has 0 aliphatic heterocycles. The zero-order valence-corrected chi connectivity index (χ0v) is 10.3. The first kappa shape index (κ1) is 12.3. The molecular formula is C12H17NOS. The number of benzene rings is 1. The molecule has 0 aliphatic rings. The predicted molar refractivity (Wildman–Crippen MR) is 66.5 cm³/mol. The van der Waals surface area contributed by atoms with Gasteiger partial charge in [0.05, 0.1) is 6.21 Å². The quantitative estimate of drug-likeness (QED) is 0.573. The summed E-state index contributed by atoms with van der Waals surface area (Å²) in [6, 6.07) is 10.0. The third kappa shape index (κ3) is 4.49. The second-order valence-corrected chi connectivity index (χ2v) is 6.27. The van der Waals surface area contributed by atoms with Gasteiger partial charge in [0.25, 0.3) is 0 Å². The summed E-state index contributed by atoms with van der Waals surface area (Å²) in [4.78, 5) is 0. The highest BCUT2D eigenvalue weighted by molar-refractivity contribution is 7.91. The maximum Gasteiger partial charge on any atom is 0.144 e. The largest absolute Gasteiger partial charge is 0.591 e. The van der Waals surface area contributed by atoms with Gasteiger partial charge in [-0.2, -0.15) is 0 Å². The maximum atomic E-state index is 11.6. The van der Waals surface area contributed by atoms with Gasteiger partial charge >= 0.3 is 0 Å². The first-order valence-electron chi connectivity index (χ1n) is 4.98. The minimum absolute atomic E-state index is 0.271. The van der Waals surface area contributed by atoms with E-state index in [2.05, 4.69) is 4.40 Å². The van der Waals surface area contributed by atoms with Crippen LogP contribution in [0, 0.1) is 0 Å². The van der Waals surface area contributed by atoms with Gasteiger partial charge in [0.1, 0.15) is 16.1 Å². The Morgan fingerprint density at radius 1 is 1.27 bits per heavy atom. The number of hydrogen-bond acceptors (Lipinski definition) is 2. The average molecular weight is 223 g/mol. The zero-order chi connectivity index (χ0) is 11.3. The summed E-state index contributed by atoms with van der Waals surface area (Å²) >= 11 is -1.14. The minimum atomic E-state index is -1.14. The molecule has 0 saturated carbocycles. The summed E-state index contributed by atoms with van der Waals surface area (Å²) in [7, 11) is 0. The van der Waals surface area contributed by atoms with Crippen molar-refractivity contribution in [3.63, 3.8) is 0 Å². The van der Waals surface area contributed by atoms with E-state index in [1.54, 1.807) is 6.21 Å². The monoisotopic (exact) mass is 223 g/mol. The van der Waals surface area contributed by atoms with Crippen molar-refractivity contribution < 1.29 is 4.55 Å². The van der Waals surface area contributed by atoms with Gasteiger partial charge in [-0.05, 0) is 26.3 Å². The number of hydrogen-bond donors (Lipinski definition) is 0. The van der Waals surface area contributed by atoms with E-state index in [-0.39, 0.29) is 4.75 Å². The molecule has 1 atom stereocenters. The Morgan fingerprint density at radius 3 is 2.40 bits per heavy atom. The van der Waals surface area contributed by atoms with Crippen LogP contribution < -0.4 is 0 Å². The van der Waals surface area contributed by atoms with Gasteiger partial charge in [0.2, 0.25) is 0 Å². The second-order valence-electron chi connectivity index (χ2n) is 4.34. The van der Waals surface area contributed by atoms with Crippen molar-refractivity contribution in [2.75, 3.05) is 0 Å². The molecule has 0 amide bonds. The molecule has 15 heavy (non-hydrogen) atoms. The Hall–Kier alpha value is -0.800. The lowest BCUT2D eigenvalue weighted by Crippen LogP contribution is -2.25. The summed E-state index contributed by atoms with van der Waals surface area (Å²) in [5, 5.41) is 0. The molecular weight excluding hydrogens is 206 g/mol. The molecule has 0 N–H and O–H groups in total. The fraction of sp³-hybridized carbons (Fsp3) is 0.417. The third-order valence-electron chi connectivity index (χ3n) is 1.86. The van der Waals surface area contributed by atoms with Gasteiger partial charge in [-0.25, -0.2) is 0 Å². The van der Waals surface area contributed by atoms with E-state index in [4.69, 9.17) is 0 Å². The van der Waals surface area contributed by atoms with Crippen LogP contribution in [0.2, 0.25) is 0 Å². The Labute approximate surface area is 94.7 Å². The second kappa shape index (κ2) is 5.33. The van der Waals surface area contributed by atoms with Crippen LogP contribution >= 0.6 is 0 Å². The summed E-state index contributed by atoms with van der Waals surface area (Å²) in [6.07, 6.45) is 2.47. The van der Waals surface area contributed by atoms with Crippen molar-refractivity contribution >= 4 is 17.6 Å². The maximum absolute atomic E-state index is 11.6. The Morgan fingerprint density at radius 2 is 1.87 bits per heavy atom. The van der Waals surface area contributed by atoms with Crippen LogP contribution in [0.1, 0.15) is 26.3 Å². The number of rotatable bonds is 3. The zero-order valence-electron chi connectivity index (χ0n) is 9.43. The fourth-order valence-electron chi connectivity index (χ4n) is 0.983. The van der Waals surface area contributed by atoms with Gasteiger partial charge < -0.3 is 4.55 Å². The molecule has 1 aromatic rings. The highest BCUT2D eigenvalue weighted by atomic mass is 32.2. The smallest absolute Gasteiger partial charge is 0.144 e. The highest BCUT2D eigenvalue weighted by Crippen LogP contribution is 2.16. The van der Waals surface area contributed by atoms with Gasteiger partial charge in [0.15, 0.2) is 0 Å². The first-order chi connectivity index (χ1) is 7.00. The Balaban J connectivity index is 2.47. The molecule has 0 saturated heterocycles. The third-order valence-corrected chi connectivity index (χ3v) is 3.25. The van der Waals surface area contributed by atoms with Crippen LogP contribution in [0.5, 0.6) is 0 Å². The van der Waals surface area contributed by atoms with Crippen molar-refractivity contribution in [2.45, 2.75) is 31.9 Å². The predicted octanol–water partition coefficient (Wildman–Crippen LogP) is 2.76. The van der Waals surface area contributed by atoms with E-state index in [9.17, 15) is 4.55 Å². The van der Waals surface area contributed by atoms with Crippen LogP contribution in [0.3, 0.4) is 0 Å². The van der Waals surface area contributed by atoms with Crippen LogP contribution in [0.25, 0.3) is 0 Å². The van der Waals surface area contributed by atoms with E-state index in [0.717, 1.165) is 6.42 Å². The summed E-state index contributed by atoms with van der Waals surface area (Å²) < 4.78 is 15.3. The van der Waals surface area contributed by atoms with Crippen LogP contribution in [-0.2, 0) is 17.8 Å². The van der Waals surface area contributed by atoms with E-state index < -0.39 is 11.4 Å². The first-order valence-corrected chi connectivity index (χ1v) is 6.09. The summed E-state index contributed by atoms with van der Waals surface area (Å²) in [5.41, 5.74) is 1.19. The molecule has 82 valence electrons. The van der Waals surface area contributed by atoms with E-state index >= 15 is 0 Å². The van der Waals surface area contributed by atoms with Gasteiger partial charge in [-0.15, -0.1) is 0 Å². The van der Waals surface area contributed by atoms with Crippen molar-refractivity contribution in [3.05, 3.63) is 35.9 Å². The average Bonchev–Trinajstić information content (AvgIpc) is 2.18. The standard InChI is InChI=1S/C12H17NOS/c1-12(2,3)15(14)13-10-9-11-7-5-4-6-8-11/h4-8,10H,9H2,1-3H3/b13-10+/t15-/m0/s1. The van der Waals surface area contributed by atoms with Crippen molar-refractivity contribution in [2.24, 2.45) is 4.40 Å². The van der Waals surface area contributed by atoms with Crippen molar-refractivity contribution in [1.29, 1.82) is 0 Å². The Bertz CT molecular complexity index is 316. The normalized spacial score (nSPS) is 14.4. The molecule has 0 heterocycles. The fourth-order valence-corrected chi connectivity index (χ4v) is 1.51. The molecule has 0 aliphatic carbocycles. The molecule has 1 rings (SSSR count). The lowest BCUT2D eigenvalue weighted by atomic mass is 10.2. The van der Waals surface area contributed by atoms with E-state index in [1.165, 1.54) is 5.56 Å². The van der Waals surface area contributed by atoms with Crippen molar-refractivity contribution in [3.8, 4) is 0 Å². The molecule has 0 spiro atoms. The van der Waals surface area contributed by atoms with Crippen LogP contribution in [0.4, 0.5) is 0 Å². The van der Waals surface area contributed by atoms with Crippen molar-refractivity contribution in [1.82, 2.24) is 0 Å².